The van der Waals surface area contributed by atoms with Gasteiger partial charge in [-0.1, -0.05) is 18.2 Å². The highest BCUT2D eigenvalue weighted by Gasteiger charge is 2.23. The number of carbonyl (C=O) groups excluding carboxylic acids is 1. The van der Waals surface area contributed by atoms with Crippen LogP contribution in [0.15, 0.2) is 48.7 Å². The second kappa shape index (κ2) is 9.44. The van der Waals surface area contributed by atoms with Gasteiger partial charge in [-0.15, -0.1) is 0 Å². The van der Waals surface area contributed by atoms with Crippen molar-refractivity contribution in [3.63, 3.8) is 0 Å². The number of nitrogens with one attached hydrogen (secondary N) is 3. The number of para-hydroxylation sites is 1. The molecule has 2 amide bonds. The van der Waals surface area contributed by atoms with Crippen molar-refractivity contribution in [1.29, 1.82) is 0 Å². The summed E-state index contributed by atoms with van der Waals surface area (Å²) in [5.74, 6) is 0.890. The Hall–Kier alpha value is -3.34. The summed E-state index contributed by atoms with van der Waals surface area (Å²) in [5.41, 5.74) is 1.45. The second-order valence-electron chi connectivity index (χ2n) is 6.73. The van der Waals surface area contributed by atoms with Gasteiger partial charge < -0.3 is 15.7 Å². The van der Waals surface area contributed by atoms with Crippen LogP contribution >= 0.6 is 0 Å². The Labute approximate surface area is 173 Å². The van der Waals surface area contributed by atoms with Crippen molar-refractivity contribution < 1.29 is 9.90 Å². The Kier molecular flexibility index (Phi) is 6.28. The van der Waals surface area contributed by atoms with Crippen molar-refractivity contribution in [2.45, 2.75) is 0 Å². The zero-order chi connectivity index (χ0) is 20.8. The van der Waals surface area contributed by atoms with E-state index < -0.39 is 6.03 Å². The molecule has 1 aliphatic heterocycles. The molecular weight excluding hydrogens is 384 g/mol. The SMILES string of the molecule is O=C(NCCO)Nc1ccc2cnc(N(c3ccccc3)N3CCNCC3)nc2n1. The fourth-order valence-corrected chi connectivity index (χ4v) is 3.23. The van der Waals surface area contributed by atoms with Crippen LogP contribution in [0.4, 0.5) is 22.2 Å². The molecule has 1 aliphatic rings. The van der Waals surface area contributed by atoms with E-state index in [0.29, 0.717) is 17.4 Å². The molecule has 30 heavy (non-hydrogen) atoms. The molecule has 3 aromatic rings. The number of piperazine rings is 1. The van der Waals surface area contributed by atoms with Gasteiger partial charge >= 0.3 is 6.03 Å². The molecule has 0 unspecified atom stereocenters. The first kappa shape index (κ1) is 20.0. The quantitative estimate of drug-likeness (QED) is 0.479. The summed E-state index contributed by atoms with van der Waals surface area (Å²) in [4.78, 5) is 25.6. The zero-order valence-corrected chi connectivity index (χ0v) is 16.5. The van der Waals surface area contributed by atoms with Crippen molar-refractivity contribution in [1.82, 2.24) is 30.6 Å². The maximum Gasteiger partial charge on any atom is 0.320 e. The Bertz CT molecular complexity index is 995. The van der Waals surface area contributed by atoms with Crippen LogP contribution in [0.25, 0.3) is 11.0 Å². The lowest BCUT2D eigenvalue weighted by atomic mass is 10.3. The number of urea groups is 1. The lowest BCUT2D eigenvalue weighted by Crippen LogP contribution is -2.51. The van der Waals surface area contributed by atoms with Gasteiger partial charge in [-0.25, -0.2) is 24.8 Å². The lowest BCUT2D eigenvalue weighted by Gasteiger charge is -2.37. The average Bonchev–Trinajstić information content (AvgIpc) is 2.79. The standard InChI is InChI=1S/C20H24N8O2/c29-13-10-22-20(30)25-17-7-6-15-14-23-19(26-18(15)24-17)28(16-4-2-1-3-5-16)27-11-8-21-9-12-27/h1-7,14,21,29H,8-13H2,(H2,22,23,24,25,26,30). The predicted octanol–water partition coefficient (Wildman–Crippen LogP) is 1.10. The summed E-state index contributed by atoms with van der Waals surface area (Å²) in [6.07, 6.45) is 1.73. The Balaban J connectivity index is 1.66. The van der Waals surface area contributed by atoms with Crippen molar-refractivity contribution >= 4 is 34.5 Å². The fraction of sp³-hybridized carbons (Fsp3) is 0.300. The molecule has 4 rings (SSSR count). The molecule has 1 saturated heterocycles. The molecule has 0 atom stereocenters. The highest BCUT2D eigenvalue weighted by Crippen LogP contribution is 2.26. The molecule has 156 valence electrons. The van der Waals surface area contributed by atoms with Crippen molar-refractivity contribution in [2.24, 2.45) is 0 Å². The molecule has 0 bridgehead atoms. The Morgan fingerprint density at radius 3 is 2.70 bits per heavy atom. The maximum atomic E-state index is 11.8. The van der Waals surface area contributed by atoms with E-state index in [1.165, 1.54) is 0 Å². The third kappa shape index (κ3) is 4.62. The van der Waals surface area contributed by atoms with Crippen LogP contribution in [-0.2, 0) is 0 Å². The van der Waals surface area contributed by atoms with Crippen molar-refractivity contribution in [3.8, 4) is 0 Å². The molecule has 0 spiro atoms. The van der Waals surface area contributed by atoms with Crippen LogP contribution in [-0.4, -0.2) is 70.4 Å². The van der Waals surface area contributed by atoms with Gasteiger partial charge in [-0.2, -0.15) is 4.98 Å². The number of benzene rings is 1. The van der Waals surface area contributed by atoms with Crippen LogP contribution in [0, 0.1) is 0 Å². The fourth-order valence-electron chi connectivity index (χ4n) is 3.23. The molecule has 3 heterocycles. The average molecular weight is 408 g/mol. The number of hydrogen-bond acceptors (Lipinski definition) is 8. The van der Waals surface area contributed by atoms with E-state index in [4.69, 9.17) is 5.11 Å². The minimum atomic E-state index is -0.433. The summed E-state index contributed by atoms with van der Waals surface area (Å²) in [5, 5.41) is 22.3. The number of hydrazine groups is 1. The van der Waals surface area contributed by atoms with Gasteiger partial charge in [-0.05, 0) is 24.3 Å². The van der Waals surface area contributed by atoms with Gasteiger partial charge in [0, 0.05) is 44.3 Å². The van der Waals surface area contributed by atoms with Crippen LogP contribution in [0.5, 0.6) is 0 Å². The van der Waals surface area contributed by atoms with Crippen molar-refractivity contribution in [2.75, 3.05) is 49.7 Å². The number of amides is 2. The number of hydrogen-bond donors (Lipinski definition) is 4. The smallest absolute Gasteiger partial charge is 0.320 e. The normalized spacial score (nSPS) is 14.4. The first-order valence-corrected chi connectivity index (χ1v) is 9.85. The number of rotatable bonds is 6. The molecule has 2 aromatic heterocycles. The number of aliphatic hydroxyl groups is 1. The number of anilines is 3. The third-order valence-corrected chi connectivity index (χ3v) is 4.64. The summed E-state index contributed by atoms with van der Waals surface area (Å²) in [7, 11) is 0. The molecule has 0 aliphatic carbocycles. The van der Waals surface area contributed by atoms with Crippen molar-refractivity contribution in [3.05, 3.63) is 48.7 Å². The largest absolute Gasteiger partial charge is 0.395 e. The van der Waals surface area contributed by atoms with E-state index in [1.807, 2.05) is 41.4 Å². The molecule has 10 heteroatoms. The zero-order valence-electron chi connectivity index (χ0n) is 16.5. The van der Waals surface area contributed by atoms with Gasteiger partial charge in [-0.3, -0.25) is 5.32 Å². The topological polar surface area (TPSA) is 119 Å². The molecule has 1 fully saturated rings. The number of fused-ring (bicyclic) bond motifs is 1. The van der Waals surface area contributed by atoms with E-state index in [0.717, 1.165) is 37.3 Å². The first-order valence-electron chi connectivity index (χ1n) is 9.85. The number of aliphatic hydroxyl groups excluding tert-OH is 1. The number of pyridine rings is 1. The first-order chi connectivity index (χ1) is 14.7. The number of nitrogens with zero attached hydrogens (tertiary/aromatic N) is 5. The summed E-state index contributed by atoms with van der Waals surface area (Å²) >= 11 is 0. The second-order valence-corrected chi connectivity index (χ2v) is 6.73. The highest BCUT2D eigenvalue weighted by molar-refractivity contribution is 5.89. The minimum absolute atomic E-state index is 0.128. The Morgan fingerprint density at radius 2 is 1.93 bits per heavy atom. The number of aromatic nitrogens is 3. The molecule has 4 N–H and O–H groups in total. The van der Waals surface area contributed by atoms with Crippen LogP contribution in [0.2, 0.25) is 0 Å². The van der Waals surface area contributed by atoms with Gasteiger partial charge in [0.1, 0.15) is 5.82 Å². The summed E-state index contributed by atoms with van der Waals surface area (Å²) < 4.78 is 0. The van der Waals surface area contributed by atoms with Gasteiger partial charge in [0.2, 0.25) is 5.95 Å². The molecular formula is C20H24N8O2. The van der Waals surface area contributed by atoms with E-state index in [-0.39, 0.29) is 13.2 Å². The van der Waals surface area contributed by atoms with Crippen LogP contribution in [0.1, 0.15) is 0 Å². The Morgan fingerprint density at radius 1 is 1.13 bits per heavy atom. The minimum Gasteiger partial charge on any atom is -0.395 e. The molecule has 0 radical (unpaired) electrons. The van der Waals surface area contributed by atoms with Gasteiger partial charge in [0.25, 0.3) is 0 Å². The van der Waals surface area contributed by atoms with Gasteiger partial charge in [0.05, 0.1) is 12.3 Å². The lowest BCUT2D eigenvalue weighted by molar-refractivity contribution is 0.240. The highest BCUT2D eigenvalue weighted by atomic mass is 16.3. The summed E-state index contributed by atoms with van der Waals surface area (Å²) in [6.45, 7) is 3.46. The van der Waals surface area contributed by atoms with E-state index in [2.05, 4.69) is 35.9 Å². The van der Waals surface area contributed by atoms with E-state index >= 15 is 0 Å². The molecule has 1 aromatic carbocycles. The third-order valence-electron chi connectivity index (χ3n) is 4.64. The molecule has 0 saturated carbocycles. The molecule has 10 nitrogen and oxygen atoms in total. The maximum absolute atomic E-state index is 11.8. The van der Waals surface area contributed by atoms with Crippen LogP contribution in [0.3, 0.4) is 0 Å². The monoisotopic (exact) mass is 408 g/mol. The van der Waals surface area contributed by atoms with Gasteiger partial charge in [0.15, 0.2) is 5.65 Å². The van der Waals surface area contributed by atoms with Crippen LogP contribution < -0.4 is 21.0 Å². The summed E-state index contributed by atoms with van der Waals surface area (Å²) in [6, 6.07) is 13.0. The van der Waals surface area contributed by atoms with E-state index in [1.54, 1.807) is 12.3 Å². The number of carbonyl (C=O) groups is 1. The van der Waals surface area contributed by atoms with E-state index in [9.17, 15) is 4.79 Å². The predicted molar refractivity (Wildman–Crippen MR) is 114 cm³/mol.